The molecule has 4 N–H and O–H groups in total. The maximum absolute atomic E-state index is 10.3. The monoisotopic (exact) mass is 358 g/mol. The fourth-order valence-electron chi connectivity index (χ4n) is 3.14. The highest BCUT2D eigenvalue weighted by molar-refractivity contribution is 5.42. The summed E-state index contributed by atoms with van der Waals surface area (Å²) in [5.41, 5.74) is 4.87. The van der Waals surface area contributed by atoms with Gasteiger partial charge in [-0.2, -0.15) is 0 Å². The van der Waals surface area contributed by atoms with Crippen molar-refractivity contribution < 1.29 is 15.3 Å². The van der Waals surface area contributed by atoms with Crippen molar-refractivity contribution in [3.05, 3.63) is 58.1 Å². The Morgan fingerprint density at radius 2 is 1.65 bits per heavy atom. The van der Waals surface area contributed by atoms with Crippen molar-refractivity contribution in [1.29, 1.82) is 0 Å². The number of nitrogens with zero attached hydrogens (tertiary/aromatic N) is 1. The van der Waals surface area contributed by atoms with Gasteiger partial charge in [0.1, 0.15) is 11.5 Å². The first kappa shape index (κ1) is 20.2. The summed E-state index contributed by atoms with van der Waals surface area (Å²) in [4.78, 5) is 2.11. The Labute approximate surface area is 155 Å². The number of aromatic hydroxyl groups is 2. The number of aliphatic hydroxyl groups is 1. The van der Waals surface area contributed by atoms with Crippen LogP contribution in [0, 0.1) is 20.8 Å². The summed E-state index contributed by atoms with van der Waals surface area (Å²) in [6, 6.07) is 9.53. The molecule has 0 aliphatic rings. The Morgan fingerprint density at radius 3 is 2.38 bits per heavy atom. The molecule has 0 aromatic heterocycles. The lowest BCUT2D eigenvalue weighted by molar-refractivity contribution is 0.189. The number of phenols is 2. The second kappa shape index (κ2) is 9.57. The van der Waals surface area contributed by atoms with Gasteiger partial charge in [-0.15, -0.1) is 0 Å². The first-order valence-electron chi connectivity index (χ1n) is 9.02. The van der Waals surface area contributed by atoms with E-state index in [0.29, 0.717) is 31.1 Å². The highest BCUT2D eigenvalue weighted by atomic mass is 16.3. The molecule has 5 heteroatoms. The third kappa shape index (κ3) is 5.73. The van der Waals surface area contributed by atoms with Gasteiger partial charge in [0.05, 0.1) is 6.61 Å². The van der Waals surface area contributed by atoms with Gasteiger partial charge in [-0.05, 0) is 32.4 Å². The molecule has 0 spiro atoms. The highest BCUT2D eigenvalue weighted by Gasteiger charge is 2.11. The Balaban J connectivity index is 1.91. The molecule has 142 valence electrons. The molecule has 0 atom stereocenters. The van der Waals surface area contributed by atoms with Crippen molar-refractivity contribution in [2.75, 3.05) is 26.2 Å². The molecule has 0 bridgehead atoms. The highest BCUT2D eigenvalue weighted by Crippen LogP contribution is 2.25. The van der Waals surface area contributed by atoms with Crippen LogP contribution in [0.1, 0.15) is 27.8 Å². The number of rotatable bonds is 9. The zero-order valence-corrected chi connectivity index (χ0v) is 15.9. The van der Waals surface area contributed by atoms with Crippen molar-refractivity contribution in [1.82, 2.24) is 10.2 Å². The summed E-state index contributed by atoms with van der Waals surface area (Å²) in [5, 5.41) is 32.9. The van der Waals surface area contributed by atoms with E-state index in [1.807, 2.05) is 45.0 Å². The minimum absolute atomic E-state index is 0.0736. The molecule has 5 nitrogen and oxygen atoms in total. The normalized spacial score (nSPS) is 11.3. The SMILES string of the molecule is Cc1ccc(O)c(CNCCN(CCO)Cc2cc(C)cc(C)c2O)c1. The Bertz CT molecular complexity index is 731. The number of aryl methyl sites for hydroxylation is 3. The Kier molecular flexibility index (Phi) is 7.45. The first-order chi connectivity index (χ1) is 12.4. The van der Waals surface area contributed by atoms with Crippen LogP contribution in [0.25, 0.3) is 0 Å². The van der Waals surface area contributed by atoms with Gasteiger partial charge in [0, 0.05) is 43.9 Å². The Morgan fingerprint density at radius 1 is 0.923 bits per heavy atom. The number of nitrogens with one attached hydrogen (secondary N) is 1. The second-order valence-corrected chi connectivity index (χ2v) is 6.90. The number of benzene rings is 2. The summed E-state index contributed by atoms with van der Waals surface area (Å²) in [6.45, 7) is 9.18. The van der Waals surface area contributed by atoms with E-state index in [-0.39, 0.29) is 6.61 Å². The van der Waals surface area contributed by atoms with Gasteiger partial charge in [-0.1, -0.05) is 35.4 Å². The van der Waals surface area contributed by atoms with E-state index in [2.05, 4.69) is 10.2 Å². The van der Waals surface area contributed by atoms with Crippen LogP contribution in [0.15, 0.2) is 30.3 Å². The van der Waals surface area contributed by atoms with Crippen molar-refractivity contribution in [2.24, 2.45) is 0 Å². The lowest BCUT2D eigenvalue weighted by Crippen LogP contribution is -2.33. The number of hydrogen-bond donors (Lipinski definition) is 4. The van der Waals surface area contributed by atoms with Crippen molar-refractivity contribution in [3.8, 4) is 11.5 Å². The predicted octanol–water partition coefficient (Wildman–Crippen LogP) is 2.61. The molecule has 0 aliphatic carbocycles. The molecule has 2 aromatic rings. The maximum Gasteiger partial charge on any atom is 0.122 e. The average molecular weight is 358 g/mol. The molecule has 0 amide bonds. The van der Waals surface area contributed by atoms with Gasteiger partial charge in [0.25, 0.3) is 0 Å². The summed E-state index contributed by atoms with van der Waals surface area (Å²) < 4.78 is 0. The molecular weight excluding hydrogens is 328 g/mol. The maximum atomic E-state index is 10.3. The van der Waals surface area contributed by atoms with Crippen LogP contribution < -0.4 is 5.32 Å². The molecule has 0 unspecified atom stereocenters. The minimum Gasteiger partial charge on any atom is -0.508 e. The summed E-state index contributed by atoms with van der Waals surface area (Å²) in [7, 11) is 0. The fraction of sp³-hybridized carbons (Fsp3) is 0.429. The molecule has 2 rings (SSSR count). The van der Waals surface area contributed by atoms with Crippen molar-refractivity contribution in [3.63, 3.8) is 0 Å². The summed E-state index contributed by atoms with van der Waals surface area (Å²) >= 11 is 0. The van der Waals surface area contributed by atoms with Crippen molar-refractivity contribution in [2.45, 2.75) is 33.9 Å². The fourth-order valence-corrected chi connectivity index (χ4v) is 3.14. The van der Waals surface area contributed by atoms with Crippen LogP contribution in [0.4, 0.5) is 0 Å². The third-order valence-electron chi connectivity index (χ3n) is 4.49. The molecular formula is C21H30N2O3. The Hall–Kier alpha value is -2.08. The molecule has 0 saturated heterocycles. The minimum atomic E-state index is 0.0736. The topological polar surface area (TPSA) is 76.0 Å². The van der Waals surface area contributed by atoms with Gasteiger partial charge in [-0.3, -0.25) is 4.90 Å². The predicted molar refractivity (Wildman–Crippen MR) is 104 cm³/mol. The number of phenolic OH excluding ortho intramolecular Hbond substituents is 2. The van der Waals surface area contributed by atoms with E-state index in [4.69, 9.17) is 0 Å². The smallest absolute Gasteiger partial charge is 0.122 e. The zero-order chi connectivity index (χ0) is 19.1. The molecule has 0 saturated carbocycles. The van der Waals surface area contributed by atoms with Crippen LogP contribution >= 0.6 is 0 Å². The second-order valence-electron chi connectivity index (χ2n) is 6.90. The largest absolute Gasteiger partial charge is 0.508 e. The van der Waals surface area contributed by atoms with Crippen LogP contribution in [0.2, 0.25) is 0 Å². The standard InChI is InChI=1S/C21H30N2O3/c1-15-4-5-20(25)18(11-15)13-22-6-7-23(8-9-24)14-19-12-16(2)10-17(3)21(19)26/h4-5,10-12,22,24-26H,6-9,13-14H2,1-3H3. The van der Waals surface area contributed by atoms with Gasteiger partial charge in [0.15, 0.2) is 0 Å². The van der Waals surface area contributed by atoms with Gasteiger partial charge < -0.3 is 20.6 Å². The van der Waals surface area contributed by atoms with E-state index in [1.165, 1.54) is 0 Å². The van der Waals surface area contributed by atoms with Crippen LogP contribution in [0.3, 0.4) is 0 Å². The first-order valence-corrected chi connectivity index (χ1v) is 9.02. The van der Waals surface area contributed by atoms with Crippen LogP contribution in [0.5, 0.6) is 11.5 Å². The lowest BCUT2D eigenvalue weighted by Gasteiger charge is -2.23. The molecule has 0 fully saturated rings. The summed E-state index contributed by atoms with van der Waals surface area (Å²) in [6.07, 6.45) is 0. The van der Waals surface area contributed by atoms with Gasteiger partial charge in [-0.25, -0.2) is 0 Å². The molecule has 26 heavy (non-hydrogen) atoms. The van der Waals surface area contributed by atoms with E-state index in [0.717, 1.165) is 40.9 Å². The lowest BCUT2D eigenvalue weighted by atomic mass is 10.1. The number of hydrogen-bond acceptors (Lipinski definition) is 5. The molecule has 0 heterocycles. The third-order valence-corrected chi connectivity index (χ3v) is 4.49. The van der Waals surface area contributed by atoms with Gasteiger partial charge >= 0.3 is 0 Å². The van der Waals surface area contributed by atoms with E-state index >= 15 is 0 Å². The van der Waals surface area contributed by atoms with E-state index in [1.54, 1.807) is 6.07 Å². The zero-order valence-electron chi connectivity index (χ0n) is 15.9. The van der Waals surface area contributed by atoms with Crippen LogP contribution in [-0.2, 0) is 13.1 Å². The average Bonchev–Trinajstić information content (AvgIpc) is 2.59. The summed E-state index contributed by atoms with van der Waals surface area (Å²) in [5.74, 6) is 0.631. The van der Waals surface area contributed by atoms with Crippen LogP contribution in [-0.4, -0.2) is 46.5 Å². The molecule has 2 aromatic carbocycles. The van der Waals surface area contributed by atoms with Crippen molar-refractivity contribution >= 4 is 0 Å². The van der Waals surface area contributed by atoms with E-state index in [9.17, 15) is 15.3 Å². The van der Waals surface area contributed by atoms with E-state index < -0.39 is 0 Å². The molecule has 0 aliphatic heterocycles. The molecule has 0 radical (unpaired) electrons. The quantitative estimate of drug-likeness (QED) is 0.519. The number of aliphatic hydroxyl groups excluding tert-OH is 1. The van der Waals surface area contributed by atoms with Gasteiger partial charge in [0.2, 0.25) is 0 Å².